The SMILES string of the molecule is COc1ccc(OCCOCn2cnc3ncnc(N)c32)cc1. The number of nitrogens with two attached hydrogens (primary N) is 1. The number of benzene rings is 1. The molecule has 0 aliphatic heterocycles. The van der Waals surface area contributed by atoms with E-state index in [9.17, 15) is 0 Å². The van der Waals surface area contributed by atoms with Gasteiger partial charge in [-0.1, -0.05) is 0 Å². The number of anilines is 1. The molecule has 0 aliphatic rings. The van der Waals surface area contributed by atoms with Crippen molar-refractivity contribution in [2.24, 2.45) is 0 Å². The molecule has 3 aromatic rings. The molecule has 0 atom stereocenters. The maximum atomic E-state index is 5.83. The van der Waals surface area contributed by atoms with Crippen LogP contribution in [0.2, 0.25) is 0 Å². The molecule has 23 heavy (non-hydrogen) atoms. The van der Waals surface area contributed by atoms with E-state index in [0.29, 0.717) is 36.9 Å². The summed E-state index contributed by atoms with van der Waals surface area (Å²) >= 11 is 0. The molecule has 0 saturated heterocycles. The zero-order chi connectivity index (χ0) is 16.1. The molecule has 0 radical (unpaired) electrons. The molecule has 0 amide bonds. The average Bonchev–Trinajstić information content (AvgIpc) is 3.00. The minimum atomic E-state index is 0.306. The van der Waals surface area contributed by atoms with Crippen molar-refractivity contribution in [1.82, 2.24) is 19.5 Å². The Morgan fingerprint density at radius 1 is 1.04 bits per heavy atom. The number of hydrogen-bond donors (Lipinski definition) is 1. The molecule has 2 N–H and O–H groups in total. The van der Waals surface area contributed by atoms with Gasteiger partial charge >= 0.3 is 0 Å². The van der Waals surface area contributed by atoms with Crippen molar-refractivity contribution >= 4 is 17.0 Å². The highest BCUT2D eigenvalue weighted by Crippen LogP contribution is 2.17. The highest BCUT2D eigenvalue weighted by molar-refractivity contribution is 5.81. The number of nitrogen functional groups attached to an aromatic ring is 1. The van der Waals surface area contributed by atoms with Crippen molar-refractivity contribution in [3.05, 3.63) is 36.9 Å². The Labute approximate surface area is 132 Å². The first-order valence-electron chi connectivity index (χ1n) is 7.04. The van der Waals surface area contributed by atoms with E-state index in [1.807, 2.05) is 24.3 Å². The topological polar surface area (TPSA) is 97.3 Å². The van der Waals surface area contributed by atoms with E-state index in [-0.39, 0.29) is 0 Å². The van der Waals surface area contributed by atoms with Gasteiger partial charge in [0.05, 0.1) is 20.0 Å². The number of fused-ring (bicyclic) bond motifs is 1. The second-order valence-corrected chi connectivity index (χ2v) is 4.71. The molecule has 8 nitrogen and oxygen atoms in total. The van der Waals surface area contributed by atoms with E-state index in [0.717, 1.165) is 11.5 Å². The van der Waals surface area contributed by atoms with Gasteiger partial charge in [-0.05, 0) is 24.3 Å². The molecule has 3 rings (SSSR count). The first kappa shape index (κ1) is 15.0. The van der Waals surface area contributed by atoms with Gasteiger partial charge < -0.3 is 24.5 Å². The molecule has 120 valence electrons. The monoisotopic (exact) mass is 315 g/mol. The third kappa shape index (κ3) is 3.49. The van der Waals surface area contributed by atoms with Gasteiger partial charge in [0.1, 0.15) is 36.7 Å². The molecular weight excluding hydrogens is 298 g/mol. The predicted molar refractivity (Wildman–Crippen MR) is 84.2 cm³/mol. The zero-order valence-corrected chi connectivity index (χ0v) is 12.7. The molecule has 0 aliphatic carbocycles. The van der Waals surface area contributed by atoms with Crippen molar-refractivity contribution in [3.63, 3.8) is 0 Å². The van der Waals surface area contributed by atoms with E-state index >= 15 is 0 Å². The lowest BCUT2D eigenvalue weighted by Crippen LogP contribution is -2.10. The first-order valence-corrected chi connectivity index (χ1v) is 7.04. The third-order valence-electron chi connectivity index (χ3n) is 3.22. The summed E-state index contributed by atoms with van der Waals surface area (Å²) in [6, 6.07) is 7.38. The standard InChI is InChI=1S/C15H17N5O3/c1-21-11-2-4-12(5-3-11)23-7-6-22-10-20-9-19-15-13(20)14(16)17-8-18-15/h2-5,8-9H,6-7,10H2,1H3,(H2,16,17,18). The van der Waals surface area contributed by atoms with Gasteiger partial charge in [0, 0.05) is 0 Å². The van der Waals surface area contributed by atoms with Crippen molar-refractivity contribution in [3.8, 4) is 11.5 Å². The Kier molecular flexibility index (Phi) is 4.53. The third-order valence-corrected chi connectivity index (χ3v) is 3.22. The summed E-state index contributed by atoms with van der Waals surface area (Å²) in [5, 5.41) is 0. The fourth-order valence-electron chi connectivity index (χ4n) is 2.09. The normalized spacial score (nSPS) is 10.8. The number of nitrogens with zero attached hydrogens (tertiary/aromatic N) is 4. The Balaban J connectivity index is 1.47. The van der Waals surface area contributed by atoms with Crippen molar-refractivity contribution in [1.29, 1.82) is 0 Å². The van der Waals surface area contributed by atoms with Crippen LogP contribution in [-0.2, 0) is 11.5 Å². The van der Waals surface area contributed by atoms with Gasteiger partial charge in [-0.15, -0.1) is 0 Å². The molecular formula is C15H17N5O3. The van der Waals surface area contributed by atoms with Crippen LogP contribution in [0.1, 0.15) is 0 Å². The Bertz CT molecular complexity index is 772. The molecule has 2 aromatic heterocycles. The minimum absolute atomic E-state index is 0.306. The van der Waals surface area contributed by atoms with Gasteiger partial charge in [0.15, 0.2) is 11.5 Å². The molecule has 2 heterocycles. The van der Waals surface area contributed by atoms with Gasteiger partial charge in [-0.2, -0.15) is 0 Å². The second-order valence-electron chi connectivity index (χ2n) is 4.71. The van der Waals surface area contributed by atoms with Crippen LogP contribution in [0, 0.1) is 0 Å². The molecule has 0 spiro atoms. The number of rotatable bonds is 7. The average molecular weight is 315 g/mol. The summed E-state index contributed by atoms with van der Waals surface area (Å²) < 4.78 is 18.0. The summed E-state index contributed by atoms with van der Waals surface area (Å²) in [4.78, 5) is 12.2. The Morgan fingerprint density at radius 2 is 1.83 bits per heavy atom. The fourth-order valence-corrected chi connectivity index (χ4v) is 2.09. The minimum Gasteiger partial charge on any atom is -0.497 e. The highest BCUT2D eigenvalue weighted by atomic mass is 16.5. The van der Waals surface area contributed by atoms with Crippen LogP contribution >= 0.6 is 0 Å². The Hall–Kier alpha value is -2.87. The number of aromatic nitrogens is 4. The first-order chi connectivity index (χ1) is 11.3. The van der Waals surface area contributed by atoms with E-state index in [2.05, 4.69) is 15.0 Å². The van der Waals surface area contributed by atoms with Crippen molar-refractivity contribution in [2.45, 2.75) is 6.73 Å². The van der Waals surface area contributed by atoms with Gasteiger partial charge in [-0.3, -0.25) is 0 Å². The number of imidazole rings is 1. The molecule has 0 saturated carbocycles. The lowest BCUT2D eigenvalue weighted by molar-refractivity contribution is 0.0559. The van der Waals surface area contributed by atoms with E-state index < -0.39 is 0 Å². The van der Waals surface area contributed by atoms with Crippen LogP contribution in [0.25, 0.3) is 11.2 Å². The lowest BCUT2D eigenvalue weighted by atomic mass is 10.3. The predicted octanol–water partition coefficient (Wildman–Crippen LogP) is 1.47. The lowest BCUT2D eigenvalue weighted by Gasteiger charge is -2.09. The van der Waals surface area contributed by atoms with E-state index in [1.165, 1.54) is 6.33 Å². The van der Waals surface area contributed by atoms with Gasteiger partial charge in [-0.25, -0.2) is 15.0 Å². The van der Waals surface area contributed by atoms with Crippen LogP contribution in [0.15, 0.2) is 36.9 Å². The maximum absolute atomic E-state index is 5.83. The summed E-state index contributed by atoms with van der Waals surface area (Å²) in [5.41, 5.74) is 7.05. The number of ether oxygens (including phenoxy) is 3. The van der Waals surface area contributed by atoms with Crippen LogP contribution in [0.3, 0.4) is 0 Å². The second kappa shape index (κ2) is 6.93. The largest absolute Gasteiger partial charge is 0.497 e. The Morgan fingerprint density at radius 3 is 2.61 bits per heavy atom. The maximum Gasteiger partial charge on any atom is 0.183 e. The molecule has 0 bridgehead atoms. The summed E-state index contributed by atoms with van der Waals surface area (Å²) in [7, 11) is 1.63. The summed E-state index contributed by atoms with van der Waals surface area (Å²) in [6.45, 7) is 1.17. The molecule has 1 aromatic carbocycles. The van der Waals surface area contributed by atoms with E-state index in [1.54, 1.807) is 18.0 Å². The van der Waals surface area contributed by atoms with Gasteiger partial charge in [0.2, 0.25) is 0 Å². The van der Waals surface area contributed by atoms with Crippen LogP contribution in [-0.4, -0.2) is 39.8 Å². The molecule has 0 unspecified atom stereocenters. The molecule has 0 fully saturated rings. The van der Waals surface area contributed by atoms with Gasteiger partial charge in [0.25, 0.3) is 0 Å². The van der Waals surface area contributed by atoms with Crippen LogP contribution in [0.5, 0.6) is 11.5 Å². The quantitative estimate of drug-likeness (QED) is 0.659. The fraction of sp³-hybridized carbons (Fsp3) is 0.267. The van der Waals surface area contributed by atoms with Crippen molar-refractivity contribution in [2.75, 3.05) is 26.1 Å². The number of hydrogen-bond acceptors (Lipinski definition) is 7. The zero-order valence-electron chi connectivity index (χ0n) is 12.7. The number of methoxy groups -OCH3 is 1. The smallest absolute Gasteiger partial charge is 0.183 e. The van der Waals surface area contributed by atoms with Crippen LogP contribution in [0.4, 0.5) is 5.82 Å². The van der Waals surface area contributed by atoms with Crippen LogP contribution < -0.4 is 15.2 Å². The molecule has 8 heteroatoms. The summed E-state index contributed by atoms with van der Waals surface area (Å²) in [5.74, 6) is 1.94. The van der Waals surface area contributed by atoms with E-state index in [4.69, 9.17) is 19.9 Å². The summed E-state index contributed by atoms with van der Waals surface area (Å²) in [6.07, 6.45) is 3.01. The highest BCUT2D eigenvalue weighted by Gasteiger charge is 2.07. The van der Waals surface area contributed by atoms with Crippen molar-refractivity contribution < 1.29 is 14.2 Å².